The lowest BCUT2D eigenvalue weighted by Crippen LogP contribution is -2.19. The van der Waals surface area contributed by atoms with E-state index in [0.717, 1.165) is 0 Å². The number of carbonyl (C=O) groups is 1. The summed E-state index contributed by atoms with van der Waals surface area (Å²) in [6.07, 6.45) is -0.919. The van der Waals surface area contributed by atoms with Gasteiger partial charge in [0.1, 0.15) is 5.75 Å². The van der Waals surface area contributed by atoms with E-state index in [1.807, 2.05) is 20.8 Å². The zero-order valence-electron chi connectivity index (χ0n) is 13.6. The Bertz CT molecular complexity index is 599. The topological polar surface area (TPSA) is 78.7 Å². The number of thiol groups is 1. The monoisotopic (exact) mass is 327 g/mol. The van der Waals surface area contributed by atoms with Crippen molar-refractivity contribution in [2.24, 2.45) is 0 Å². The zero-order chi connectivity index (χ0) is 17.3. The van der Waals surface area contributed by atoms with Crippen LogP contribution in [0.1, 0.15) is 45.7 Å². The molecule has 6 nitrogen and oxygen atoms in total. The van der Waals surface area contributed by atoms with Crippen LogP contribution in [-0.2, 0) is 14.9 Å². The number of nitro benzene ring substituents is 1. The third kappa shape index (κ3) is 4.13. The second-order valence-corrected chi connectivity index (χ2v) is 7.61. The minimum atomic E-state index is -0.919. The van der Waals surface area contributed by atoms with Crippen LogP contribution >= 0.6 is 12.6 Å². The maximum absolute atomic E-state index is 11.4. The van der Waals surface area contributed by atoms with Gasteiger partial charge >= 0.3 is 6.16 Å². The van der Waals surface area contributed by atoms with Crippen molar-refractivity contribution >= 4 is 24.5 Å². The summed E-state index contributed by atoms with van der Waals surface area (Å²) in [6.45, 7) is 9.31. The van der Waals surface area contributed by atoms with Gasteiger partial charge in [0.05, 0.1) is 18.1 Å². The Morgan fingerprint density at radius 1 is 1.18 bits per heavy atom. The molecule has 0 unspecified atom stereocenters. The minimum absolute atomic E-state index is 0.118. The van der Waals surface area contributed by atoms with E-state index in [1.165, 1.54) is 13.2 Å². The highest BCUT2D eigenvalue weighted by Crippen LogP contribution is 2.42. The van der Waals surface area contributed by atoms with E-state index in [9.17, 15) is 14.9 Å². The van der Waals surface area contributed by atoms with Crippen molar-refractivity contribution in [3.05, 3.63) is 33.4 Å². The van der Waals surface area contributed by atoms with Crippen LogP contribution in [0, 0.1) is 10.1 Å². The van der Waals surface area contributed by atoms with Crippen LogP contribution in [0.15, 0.2) is 12.1 Å². The lowest BCUT2D eigenvalue weighted by atomic mass is 9.83. The van der Waals surface area contributed by atoms with Gasteiger partial charge in [0, 0.05) is 15.9 Å². The number of hydrogen-bond acceptors (Lipinski definition) is 6. The molecule has 0 heterocycles. The fraction of sp³-hybridized carbons (Fsp3) is 0.533. The van der Waals surface area contributed by atoms with Gasteiger partial charge in [-0.15, -0.1) is 0 Å². The molecule has 0 spiro atoms. The lowest BCUT2D eigenvalue weighted by Gasteiger charge is -2.26. The molecule has 1 aromatic carbocycles. The number of hydrogen-bond donors (Lipinski definition) is 1. The summed E-state index contributed by atoms with van der Waals surface area (Å²) in [5, 5.41) is 11.3. The molecule has 0 aliphatic carbocycles. The first-order valence-corrected chi connectivity index (χ1v) is 7.14. The van der Waals surface area contributed by atoms with E-state index >= 15 is 0 Å². The molecule has 0 N–H and O–H groups in total. The molecule has 0 saturated heterocycles. The Morgan fingerprint density at radius 3 is 2.09 bits per heavy atom. The highest BCUT2D eigenvalue weighted by molar-refractivity contribution is 7.81. The van der Waals surface area contributed by atoms with Crippen molar-refractivity contribution in [2.75, 3.05) is 7.11 Å². The first-order chi connectivity index (χ1) is 9.87. The Morgan fingerprint density at radius 2 is 1.73 bits per heavy atom. The smallest absolute Gasteiger partial charge is 0.437 e. The number of rotatable bonds is 3. The molecule has 0 fully saturated rings. The van der Waals surface area contributed by atoms with Crippen LogP contribution in [0.4, 0.5) is 10.5 Å². The van der Waals surface area contributed by atoms with Gasteiger partial charge < -0.3 is 9.47 Å². The third-order valence-electron chi connectivity index (χ3n) is 3.12. The third-order valence-corrected chi connectivity index (χ3v) is 3.36. The first-order valence-electron chi connectivity index (χ1n) is 6.69. The van der Waals surface area contributed by atoms with Crippen molar-refractivity contribution < 1.29 is 19.2 Å². The van der Waals surface area contributed by atoms with Crippen LogP contribution in [0.5, 0.6) is 5.75 Å². The summed E-state index contributed by atoms with van der Waals surface area (Å²) in [5.74, 6) is 0.118. The van der Waals surface area contributed by atoms with E-state index in [0.29, 0.717) is 11.1 Å². The van der Waals surface area contributed by atoms with E-state index in [1.54, 1.807) is 19.9 Å². The molecular formula is C15H21NO5S. The molecule has 0 atom stereocenters. The molecule has 1 aromatic rings. The van der Waals surface area contributed by atoms with E-state index in [-0.39, 0.29) is 16.9 Å². The number of methoxy groups -OCH3 is 1. The number of nitrogens with zero attached hydrogens (tertiary/aromatic N) is 1. The van der Waals surface area contributed by atoms with Crippen molar-refractivity contribution in [1.82, 2.24) is 0 Å². The second kappa shape index (κ2) is 6.16. The average Bonchev–Trinajstić information content (AvgIpc) is 2.35. The molecule has 0 aliphatic rings. The Balaban J connectivity index is 3.66. The molecule has 0 aliphatic heterocycles. The predicted octanol–water partition coefficient (Wildman–Crippen LogP) is 4.20. The van der Waals surface area contributed by atoms with Gasteiger partial charge in [-0.3, -0.25) is 10.1 Å². The predicted molar refractivity (Wildman–Crippen MR) is 86.8 cm³/mol. The van der Waals surface area contributed by atoms with Gasteiger partial charge in [-0.1, -0.05) is 20.8 Å². The normalized spacial score (nSPS) is 12.0. The van der Waals surface area contributed by atoms with E-state index in [2.05, 4.69) is 17.4 Å². The number of nitro groups is 1. The van der Waals surface area contributed by atoms with Crippen LogP contribution in [0.3, 0.4) is 0 Å². The molecule has 1 rings (SSSR count). The number of carbonyl (C=O) groups excluding carboxylic acids is 1. The number of benzene rings is 1. The minimum Gasteiger partial charge on any atom is -0.437 e. The van der Waals surface area contributed by atoms with Gasteiger partial charge in [-0.25, -0.2) is 4.79 Å². The van der Waals surface area contributed by atoms with Gasteiger partial charge in [0.25, 0.3) is 5.69 Å². The Hall–Kier alpha value is -1.76. The highest BCUT2D eigenvalue weighted by Gasteiger charge is 2.32. The van der Waals surface area contributed by atoms with Crippen LogP contribution in [-0.4, -0.2) is 18.2 Å². The Labute approximate surface area is 135 Å². The Kier molecular flexibility index (Phi) is 5.12. The number of ether oxygens (including phenoxy) is 2. The average molecular weight is 327 g/mol. The molecule has 7 heteroatoms. The second-order valence-electron chi connectivity index (χ2n) is 6.49. The summed E-state index contributed by atoms with van der Waals surface area (Å²) in [7, 11) is 1.18. The summed E-state index contributed by atoms with van der Waals surface area (Å²) in [5.41, 5.74) is 0.599. The van der Waals surface area contributed by atoms with Crippen molar-refractivity contribution in [1.29, 1.82) is 0 Å². The molecule has 0 bridgehead atoms. The molecule has 0 radical (unpaired) electrons. The van der Waals surface area contributed by atoms with Crippen molar-refractivity contribution in [3.63, 3.8) is 0 Å². The SMILES string of the molecule is COC(=O)Oc1cc([N+](=O)[O-])c(C(C)(C)S)cc1C(C)(C)C. The molecule has 0 saturated carbocycles. The molecule has 122 valence electrons. The van der Waals surface area contributed by atoms with Crippen LogP contribution in [0.25, 0.3) is 0 Å². The highest BCUT2D eigenvalue weighted by atomic mass is 32.1. The van der Waals surface area contributed by atoms with Crippen LogP contribution in [0.2, 0.25) is 0 Å². The maximum atomic E-state index is 11.4. The van der Waals surface area contributed by atoms with Crippen molar-refractivity contribution in [3.8, 4) is 5.75 Å². The largest absolute Gasteiger partial charge is 0.513 e. The summed E-state index contributed by atoms with van der Waals surface area (Å²) < 4.78 is 8.85. The fourth-order valence-corrected chi connectivity index (χ4v) is 2.19. The fourth-order valence-electron chi connectivity index (χ4n) is 2.01. The molecule has 0 amide bonds. The van der Waals surface area contributed by atoms with E-state index in [4.69, 9.17) is 4.74 Å². The van der Waals surface area contributed by atoms with Crippen LogP contribution < -0.4 is 4.74 Å². The zero-order valence-corrected chi connectivity index (χ0v) is 14.5. The quantitative estimate of drug-likeness (QED) is 0.296. The van der Waals surface area contributed by atoms with Gasteiger partial charge in [-0.2, -0.15) is 12.6 Å². The van der Waals surface area contributed by atoms with Crippen molar-refractivity contribution in [2.45, 2.75) is 44.8 Å². The first kappa shape index (κ1) is 18.3. The summed E-state index contributed by atoms with van der Waals surface area (Å²) >= 11 is 4.44. The standard InChI is InChI=1S/C15H21NO5S/c1-14(2,3)10-7-9(15(4,5)22)11(16(18)19)8-12(10)21-13(17)20-6/h7-8,22H,1-6H3. The van der Waals surface area contributed by atoms with Gasteiger partial charge in [0.2, 0.25) is 0 Å². The summed E-state index contributed by atoms with van der Waals surface area (Å²) in [4.78, 5) is 22.2. The molecule has 22 heavy (non-hydrogen) atoms. The van der Waals surface area contributed by atoms with Gasteiger partial charge in [-0.05, 0) is 25.3 Å². The van der Waals surface area contributed by atoms with E-state index < -0.39 is 15.8 Å². The summed E-state index contributed by atoms with van der Waals surface area (Å²) in [6, 6.07) is 2.92. The molecular weight excluding hydrogens is 306 g/mol. The lowest BCUT2D eigenvalue weighted by molar-refractivity contribution is -0.385. The molecule has 0 aromatic heterocycles. The van der Waals surface area contributed by atoms with Gasteiger partial charge in [0.15, 0.2) is 0 Å². The maximum Gasteiger partial charge on any atom is 0.513 e.